The topological polar surface area (TPSA) is 94.2 Å². The molecule has 0 spiro atoms. The molecule has 2 N–H and O–H groups in total. The number of esters is 1. The Labute approximate surface area is 221 Å². The van der Waals surface area contributed by atoms with E-state index in [9.17, 15) is 14.4 Å². The Morgan fingerprint density at radius 1 is 1.16 bits per heavy atom. The maximum absolute atomic E-state index is 13.3. The van der Waals surface area contributed by atoms with Gasteiger partial charge in [-0.2, -0.15) is 0 Å². The van der Waals surface area contributed by atoms with Crippen molar-refractivity contribution in [2.45, 2.75) is 72.0 Å². The number of nitrogens with zero attached hydrogens (tertiary/aromatic N) is 3. The van der Waals surface area contributed by atoms with E-state index in [0.717, 1.165) is 5.56 Å². The lowest BCUT2D eigenvalue weighted by molar-refractivity contribution is -0.139. The molecule has 0 unspecified atom stereocenters. The number of nitrogens with one attached hydrogen (secondary N) is 2. The molecule has 1 saturated heterocycles. The summed E-state index contributed by atoms with van der Waals surface area (Å²) in [6.07, 6.45) is 0. The van der Waals surface area contributed by atoms with E-state index in [1.54, 1.807) is 14.0 Å². The van der Waals surface area contributed by atoms with Gasteiger partial charge in [-0.15, -0.1) is 0 Å². The van der Waals surface area contributed by atoms with Crippen LogP contribution < -0.4 is 10.6 Å². The van der Waals surface area contributed by atoms with Crippen LogP contribution in [0.5, 0.6) is 0 Å². The molecule has 0 aromatic heterocycles. The lowest BCUT2D eigenvalue weighted by Gasteiger charge is -2.43. The number of urea groups is 2. The van der Waals surface area contributed by atoms with Crippen LogP contribution >= 0.6 is 0 Å². The molecule has 0 bridgehead atoms. The van der Waals surface area contributed by atoms with Crippen LogP contribution in [0.3, 0.4) is 0 Å². The van der Waals surface area contributed by atoms with E-state index >= 15 is 0 Å². The highest BCUT2D eigenvalue weighted by atomic mass is 16.5. The lowest BCUT2D eigenvalue weighted by Crippen LogP contribution is -2.59. The molecule has 9 heteroatoms. The second-order valence-electron chi connectivity index (χ2n) is 11.3. The lowest BCUT2D eigenvalue weighted by atomic mass is 9.92. The van der Waals surface area contributed by atoms with Gasteiger partial charge < -0.3 is 20.3 Å². The number of hydrogen-bond acceptors (Lipinski definition) is 5. The summed E-state index contributed by atoms with van der Waals surface area (Å²) in [5.41, 5.74) is 2.78. The molecule has 2 atom stereocenters. The first-order valence-electron chi connectivity index (χ1n) is 13.2. The molecule has 0 saturated carbocycles. The van der Waals surface area contributed by atoms with Crippen molar-refractivity contribution < 1.29 is 19.1 Å². The average molecular weight is 514 g/mol. The van der Waals surface area contributed by atoms with Crippen LogP contribution in [0, 0.1) is 0 Å². The molecule has 2 heterocycles. The Kier molecular flexibility index (Phi) is 8.89. The van der Waals surface area contributed by atoms with Crippen molar-refractivity contribution in [3.8, 4) is 0 Å². The van der Waals surface area contributed by atoms with Crippen LogP contribution in [0.25, 0.3) is 0 Å². The van der Waals surface area contributed by atoms with Crippen molar-refractivity contribution in [1.29, 1.82) is 0 Å². The van der Waals surface area contributed by atoms with Crippen molar-refractivity contribution in [2.24, 2.45) is 0 Å². The number of piperazine rings is 1. The minimum absolute atomic E-state index is 0.0233. The fraction of sp³-hybridized carbons (Fsp3) is 0.607. The molecular formula is C28H43N5O4. The molecule has 2 aliphatic rings. The molecule has 9 nitrogen and oxygen atoms in total. The number of amides is 4. The average Bonchev–Trinajstić information content (AvgIpc) is 2.81. The van der Waals surface area contributed by atoms with Gasteiger partial charge in [-0.05, 0) is 51.7 Å². The predicted molar refractivity (Wildman–Crippen MR) is 144 cm³/mol. The number of ether oxygens (including phenoxy) is 1. The zero-order valence-corrected chi connectivity index (χ0v) is 23.6. The maximum Gasteiger partial charge on any atom is 0.338 e. The normalized spacial score (nSPS) is 21.3. The van der Waals surface area contributed by atoms with Crippen molar-refractivity contribution in [3.05, 3.63) is 46.7 Å². The molecule has 1 aromatic rings. The first-order valence-corrected chi connectivity index (χ1v) is 13.2. The molecule has 37 heavy (non-hydrogen) atoms. The summed E-state index contributed by atoms with van der Waals surface area (Å²) in [6.45, 7) is 16.4. The minimum atomic E-state index is -0.602. The Hall–Kier alpha value is -3.07. The summed E-state index contributed by atoms with van der Waals surface area (Å²) in [5.74, 6) is -0.0542. The fourth-order valence-electron chi connectivity index (χ4n) is 4.80. The minimum Gasteiger partial charge on any atom is -0.463 e. The zero-order chi connectivity index (χ0) is 27.5. The Bertz CT molecular complexity index is 1030. The standard InChI is InChI=1S/C28H43N5O4/c1-9-37-25(34)23-22(17-32-14-15-33(19(4)16-32)27(36)30-28(5,6)7)31(8)26(35)29-24(23)21-12-10-20(11-13-21)18(2)3/h10-13,18-19,24H,9,14-17H2,1-8H3,(H,29,35)(H,30,36)/t19-,24+/m0/s1. The third kappa shape index (κ3) is 6.83. The summed E-state index contributed by atoms with van der Waals surface area (Å²) in [6, 6.07) is 7.05. The Morgan fingerprint density at radius 3 is 2.35 bits per heavy atom. The summed E-state index contributed by atoms with van der Waals surface area (Å²) in [5, 5.41) is 6.02. The Morgan fingerprint density at radius 2 is 1.81 bits per heavy atom. The van der Waals surface area contributed by atoms with Crippen molar-refractivity contribution in [2.75, 3.05) is 39.8 Å². The summed E-state index contributed by atoms with van der Waals surface area (Å²) in [4.78, 5) is 44.6. The second kappa shape index (κ2) is 11.5. The molecule has 4 amide bonds. The first-order chi connectivity index (χ1) is 17.3. The third-order valence-corrected chi connectivity index (χ3v) is 6.84. The molecule has 204 valence electrons. The number of carbonyl (C=O) groups excluding carboxylic acids is 3. The van der Waals surface area contributed by atoms with Crippen molar-refractivity contribution in [3.63, 3.8) is 0 Å². The summed E-state index contributed by atoms with van der Waals surface area (Å²) >= 11 is 0. The summed E-state index contributed by atoms with van der Waals surface area (Å²) < 4.78 is 5.46. The van der Waals surface area contributed by atoms with E-state index in [1.807, 2.05) is 56.9 Å². The van der Waals surface area contributed by atoms with Gasteiger partial charge in [0, 0.05) is 50.5 Å². The van der Waals surface area contributed by atoms with Crippen LogP contribution in [0.2, 0.25) is 0 Å². The van der Waals surface area contributed by atoms with Crippen LogP contribution in [-0.4, -0.2) is 84.1 Å². The molecule has 1 aromatic carbocycles. The van der Waals surface area contributed by atoms with Gasteiger partial charge in [0.2, 0.25) is 0 Å². The molecule has 2 aliphatic heterocycles. The number of benzene rings is 1. The van der Waals surface area contributed by atoms with E-state index in [0.29, 0.717) is 43.4 Å². The number of carbonyl (C=O) groups is 3. The van der Waals surface area contributed by atoms with Crippen molar-refractivity contribution in [1.82, 2.24) is 25.3 Å². The van der Waals surface area contributed by atoms with Crippen LogP contribution in [0.4, 0.5) is 9.59 Å². The highest BCUT2D eigenvalue weighted by Crippen LogP contribution is 2.32. The number of rotatable bonds is 6. The van der Waals surface area contributed by atoms with Crippen LogP contribution in [0.1, 0.15) is 71.6 Å². The van der Waals surface area contributed by atoms with E-state index < -0.39 is 12.0 Å². The van der Waals surface area contributed by atoms with E-state index in [1.165, 1.54) is 10.5 Å². The molecule has 1 fully saturated rings. The van der Waals surface area contributed by atoms with Gasteiger partial charge in [0.25, 0.3) is 0 Å². The number of hydrogen-bond donors (Lipinski definition) is 2. The Balaban J connectivity index is 1.90. The van der Waals surface area contributed by atoms with Gasteiger partial charge in [0.1, 0.15) is 0 Å². The zero-order valence-electron chi connectivity index (χ0n) is 23.6. The van der Waals surface area contributed by atoms with Crippen LogP contribution in [-0.2, 0) is 9.53 Å². The second-order valence-corrected chi connectivity index (χ2v) is 11.3. The van der Waals surface area contributed by atoms with E-state index in [2.05, 4.69) is 29.4 Å². The largest absolute Gasteiger partial charge is 0.463 e. The highest BCUT2D eigenvalue weighted by Gasteiger charge is 2.38. The monoisotopic (exact) mass is 513 g/mol. The SMILES string of the molecule is CCOC(=O)C1=C(CN2CCN(C(=O)NC(C)(C)C)[C@@H](C)C2)N(C)C(=O)N[C@@H]1c1ccc(C(C)C)cc1. The molecular weight excluding hydrogens is 470 g/mol. The molecule has 0 aliphatic carbocycles. The fourth-order valence-corrected chi connectivity index (χ4v) is 4.80. The highest BCUT2D eigenvalue weighted by molar-refractivity contribution is 5.95. The van der Waals surface area contributed by atoms with Gasteiger partial charge in [-0.3, -0.25) is 9.80 Å². The summed E-state index contributed by atoms with van der Waals surface area (Å²) in [7, 11) is 1.68. The van der Waals surface area contributed by atoms with E-state index in [-0.39, 0.29) is 30.2 Å². The first kappa shape index (κ1) is 28.5. The van der Waals surface area contributed by atoms with Gasteiger partial charge in [0.15, 0.2) is 0 Å². The molecule has 3 rings (SSSR count). The quantitative estimate of drug-likeness (QED) is 0.564. The van der Waals surface area contributed by atoms with Gasteiger partial charge in [0.05, 0.1) is 18.2 Å². The maximum atomic E-state index is 13.3. The van der Waals surface area contributed by atoms with Crippen LogP contribution in [0.15, 0.2) is 35.5 Å². The van der Waals surface area contributed by atoms with Crippen molar-refractivity contribution >= 4 is 18.0 Å². The van der Waals surface area contributed by atoms with E-state index in [4.69, 9.17) is 4.74 Å². The van der Waals surface area contributed by atoms with Gasteiger partial charge in [-0.25, -0.2) is 14.4 Å². The predicted octanol–water partition coefficient (Wildman–Crippen LogP) is 3.84. The molecule has 0 radical (unpaired) electrons. The van der Waals surface area contributed by atoms with Gasteiger partial charge >= 0.3 is 18.0 Å². The van der Waals surface area contributed by atoms with Gasteiger partial charge in [-0.1, -0.05) is 38.1 Å². The smallest absolute Gasteiger partial charge is 0.338 e. The number of likely N-dealkylation sites (N-methyl/N-ethyl adjacent to an activating group) is 1. The third-order valence-electron chi connectivity index (χ3n) is 6.84.